The van der Waals surface area contributed by atoms with E-state index in [-0.39, 0.29) is 0 Å². The highest BCUT2D eigenvalue weighted by Gasteiger charge is 2.23. The van der Waals surface area contributed by atoms with Crippen molar-refractivity contribution < 1.29 is 0 Å². The highest BCUT2D eigenvalue weighted by Crippen LogP contribution is 2.33. The van der Waals surface area contributed by atoms with Gasteiger partial charge in [-0.15, -0.1) is 0 Å². The maximum Gasteiger partial charge on any atom is 0.0511 e. The maximum absolute atomic E-state index is 3.79. The number of nitrogens with zero attached hydrogens (tertiary/aromatic N) is 1. The molecule has 0 bridgehead atoms. The van der Waals surface area contributed by atoms with Crippen molar-refractivity contribution in [1.29, 1.82) is 0 Å². The summed E-state index contributed by atoms with van der Waals surface area (Å²) >= 11 is 3.79. The van der Waals surface area contributed by atoms with Crippen molar-refractivity contribution >= 4 is 21.6 Å². The first kappa shape index (κ1) is 16.8. The summed E-state index contributed by atoms with van der Waals surface area (Å²) < 4.78 is 1.23. The van der Waals surface area contributed by atoms with Gasteiger partial charge >= 0.3 is 0 Å². The van der Waals surface area contributed by atoms with Gasteiger partial charge in [0.1, 0.15) is 0 Å². The molecular weight excluding hydrogens is 324 g/mol. The van der Waals surface area contributed by atoms with Gasteiger partial charge in [0, 0.05) is 23.6 Å². The molecule has 3 unspecified atom stereocenters. The zero-order valence-electron chi connectivity index (χ0n) is 13.8. The lowest BCUT2D eigenvalue weighted by atomic mass is 9.91. The van der Waals surface area contributed by atoms with Gasteiger partial charge in [-0.2, -0.15) is 0 Å². The molecule has 1 aromatic carbocycles. The Morgan fingerprint density at radius 1 is 1.29 bits per heavy atom. The Morgan fingerprint density at radius 3 is 2.52 bits per heavy atom. The zero-order chi connectivity index (χ0) is 15.4. The first-order valence-corrected chi connectivity index (χ1v) is 9.08. The Labute approximate surface area is 138 Å². The van der Waals surface area contributed by atoms with Gasteiger partial charge in [0.05, 0.1) is 5.69 Å². The third-order valence-electron chi connectivity index (χ3n) is 4.38. The lowest BCUT2D eigenvalue weighted by Gasteiger charge is -2.37. The van der Waals surface area contributed by atoms with Gasteiger partial charge in [-0.3, -0.25) is 0 Å². The fourth-order valence-electron chi connectivity index (χ4n) is 3.39. The lowest BCUT2D eigenvalue weighted by molar-refractivity contribution is 0.356. The van der Waals surface area contributed by atoms with Gasteiger partial charge in [-0.1, -0.05) is 26.8 Å². The molecule has 2 rings (SSSR count). The summed E-state index contributed by atoms with van der Waals surface area (Å²) in [6, 6.07) is 7.26. The van der Waals surface area contributed by atoms with E-state index < -0.39 is 0 Å². The van der Waals surface area contributed by atoms with Crippen molar-refractivity contribution in [2.75, 3.05) is 24.5 Å². The largest absolute Gasteiger partial charge is 0.370 e. The fraction of sp³-hybridized carbons (Fsp3) is 0.667. The van der Waals surface area contributed by atoms with Gasteiger partial charge in [0.15, 0.2) is 0 Å². The highest BCUT2D eigenvalue weighted by molar-refractivity contribution is 9.10. The van der Waals surface area contributed by atoms with Gasteiger partial charge in [-0.05, 0) is 71.8 Å². The van der Waals surface area contributed by atoms with Crippen LogP contribution in [0.25, 0.3) is 0 Å². The number of benzene rings is 1. The van der Waals surface area contributed by atoms with Gasteiger partial charge in [0.25, 0.3) is 0 Å². The molecule has 1 aliphatic heterocycles. The third-order valence-corrected chi connectivity index (χ3v) is 5.02. The van der Waals surface area contributed by atoms with Crippen LogP contribution in [0.4, 0.5) is 5.69 Å². The van der Waals surface area contributed by atoms with E-state index in [2.05, 4.69) is 72.0 Å². The predicted octanol–water partition coefficient (Wildman–Crippen LogP) is 4.99. The molecule has 1 aromatic rings. The number of piperidine rings is 1. The third kappa shape index (κ3) is 4.46. The molecule has 1 aliphatic rings. The molecule has 0 saturated carbocycles. The monoisotopic (exact) mass is 352 g/mol. The minimum absolute atomic E-state index is 0.412. The average molecular weight is 353 g/mol. The molecule has 1 N–H and O–H groups in total. The maximum atomic E-state index is 3.79. The standard InChI is InChI=1S/C18H29BrN2/c1-5-8-20-15(4)16-6-7-18(17(19)10-16)21-11-13(2)9-14(3)12-21/h6-7,10,13-15,20H,5,8-9,11-12H2,1-4H3. The first-order valence-electron chi connectivity index (χ1n) is 8.29. The van der Waals surface area contributed by atoms with Crippen molar-refractivity contribution in [1.82, 2.24) is 5.32 Å². The fourth-order valence-corrected chi connectivity index (χ4v) is 4.03. The van der Waals surface area contributed by atoms with Crippen LogP contribution in [0.5, 0.6) is 0 Å². The van der Waals surface area contributed by atoms with Crippen LogP contribution >= 0.6 is 15.9 Å². The van der Waals surface area contributed by atoms with E-state index in [0.29, 0.717) is 6.04 Å². The van der Waals surface area contributed by atoms with Crippen LogP contribution in [-0.4, -0.2) is 19.6 Å². The number of halogens is 1. The Bertz CT molecular complexity index is 451. The Morgan fingerprint density at radius 2 is 1.95 bits per heavy atom. The Hall–Kier alpha value is -0.540. The first-order chi connectivity index (χ1) is 10.0. The number of hydrogen-bond donors (Lipinski definition) is 1. The topological polar surface area (TPSA) is 15.3 Å². The van der Waals surface area contributed by atoms with Crippen molar-refractivity contribution in [3.63, 3.8) is 0 Å². The van der Waals surface area contributed by atoms with Crippen LogP contribution in [0.3, 0.4) is 0 Å². The van der Waals surface area contributed by atoms with Crippen LogP contribution in [0, 0.1) is 11.8 Å². The zero-order valence-corrected chi connectivity index (χ0v) is 15.4. The number of rotatable bonds is 5. The van der Waals surface area contributed by atoms with Crippen LogP contribution in [-0.2, 0) is 0 Å². The summed E-state index contributed by atoms with van der Waals surface area (Å²) in [4.78, 5) is 2.54. The molecule has 1 heterocycles. The molecule has 0 amide bonds. The van der Waals surface area contributed by atoms with E-state index in [4.69, 9.17) is 0 Å². The minimum atomic E-state index is 0.412. The van der Waals surface area contributed by atoms with Crippen LogP contribution in [0.15, 0.2) is 22.7 Å². The van der Waals surface area contributed by atoms with Crippen molar-refractivity contribution in [2.24, 2.45) is 11.8 Å². The van der Waals surface area contributed by atoms with Crippen LogP contribution in [0.1, 0.15) is 52.1 Å². The SMILES string of the molecule is CCCNC(C)c1ccc(N2CC(C)CC(C)C2)c(Br)c1. The predicted molar refractivity (Wildman–Crippen MR) is 96.0 cm³/mol. The summed E-state index contributed by atoms with van der Waals surface area (Å²) in [5.74, 6) is 1.57. The summed E-state index contributed by atoms with van der Waals surface area (Å²) in [5, 5.41) is 3.55. The molecule has 2 nitrogen and oxygen atoms in total. The molecule has 1 saturated heterocycles. The molecule has 118 valence electrons. The molecule has 0 aromatic heterocycles. The van der Waals surface area contributed by atoms with E-state index in [0.717, 1.165) is 18.4 Å². The normalized spacial score (nSPS) is 24.1. The lowest BCUT2D eigenvalue weighted by Crippen LogP contribution is -2.38. The molecule has 0 spiro atoms. The van der Waals surface area contributed by atoms with Gasteiger partial charge < -0.3 is 10.2 Å². The minimum Gasteiger partial charge on any atom is -0.370 e. The summed E-state index contributed by atoms with van der Waals surface area (Å²) in [5.41, 5.74) is 2.71. The quantitative estimate of drug-likeness (QED) is 0.802. The number of nitrogens with one attached hydrogen (secondary N) is 1. The van der Waals surface area contributed by atoms with E-state index in [1.54, 1.807) is 0 Å². The molecule has 0 radical (unpaired) electrons. The van der Waals surface area contributed by atoms with Gasteiger partial charge in [-0.25, -0.2) is 0 Å². The number of hydrogen-bond acceptors (Lipinski definition) is 2. The van der Waals surface area contributed by atoms with Crippen molar-refractivity contribution in [3.8, 4) is 0 Å². The van der Waals surface area contributed by atoms with Gasteiger partial charge in [0.2, 0.25) is 0 Å². The van der Waals surface area contributed by atoms with E-state index in [1.807, 2.05) is 0 Å². The van der Waals surface area contributed by atoms with Crippen molar-refractivity contribution in [3.05, 3.63) is 28.2 Å². The van der Waals surface area contributed by atoms with E-state index in [9.17, 15) is 0 Å². The van der Waals surface area contributed by atoms with E-state index >= 15 is 0 Å². The second-order valence-corrected chi connectivity index (χ2v) is 7.59. The number of anilines is 1. The smallest absolute Gasteiger partial charge is 0.0511 e. The summed E-state index contributed by atoms with van der Waals surface area (Å²) in [7, 11) is 0. The molecule has 1 fully saturated rings. The Balaban J connectivity index is 2.11. The molecule has 3 atom stereocenters. The second-order valence-electron chi connectivity index (χ2n) is 6.74. The summed E-state index contributed by atoms with van der Waals surface area (Å²) in [6.45, 7) is 12.6. The Kier molecular flexibility index (Phi) is 6.12. The summed E-state index contributed by atoms with van der Waals surface area (Å²) in [6.07, 6.45) is 2.53. The molecule has 21 heavy (non-hydrogen) atoms. The molecule has 3 heteroatoms. The average Bonchev–Trinajstić information content (AvgIpc) is 2.43. The van der Waals surface area contributed by atoms with Crippen LogP contribution < -0.4 is 10.2 Å². The molecular formula is C18H29BrN2. The highest BCUT2D eigenvalue weighted by atomic mass is 79.9. The molecule has 0 aliphatic carbocycles. The van der Waals surface area contributed by atoms with Crippen LogP contribution in [0.2, 0.25) is 0 Å². The second kappa shape index (κ2) is 7.64. The van der Waals surface area contributed by atoms with E-state index in [1.165, 1.54) is 41.7 Å². The van der Waals surface area contributed by atoms with Crippen molar-refractivity contribution in [2.45, 2.75) is 46.6 Å².